The van der Waals surface area contributed by atoms with Gasteiger partial charge in [-0.1, -0.05) is 18.2 Å². The van der Waals surface area contributed by atoms with E-state index in [1.54, 1.807) is 25.1 Å². The fourth-order valence-electron chi connectivity index (χ4n) is 4.21. The van der Waals surface area contributed by atoms with Crippen LogP contribution in [0.3, 0.4) is 0 Å². The quantitative estimate of drug-likeness (QED) is 0.185. The first-order valence-electron chi connectivity index (χ1n) is 12.4. The summed E-state index contributed by atoms with van der Waals surface area (Å²) in [6, 6.07) is 6.58. The number of halogens is 3. The van der Waals surface area contributed by atoms with Crippen molar-refractivity contribution in [3.63, 3.8) is 0 Å². The number of esters is 1. The van der Waals surface area contributed by atoms with Gasteiger partial charge in [-0.05, 0) is 26.0 Å². The molecule has 18 heteroatoms. The van der Waals surface area contributed by atoms with Crippen molar-refractivity contribution in [1.29, 1.82) is 0 Å². The van der Waals surface area contributed by atoms with Crippen molar-refractivity contribution in [2.24, 2.45) is 5.92 Å². The Morgan fingerprint density at radius 1 is 1.29 bits per heavy atom. The molecule has 1 aliphatic rings. The minimum Gasteiger partial charge on any atom is -0.465 e. The Hall–Kier alpha value is -3.50. The third-order valence-electron chi connectivity index (χ3n) is 6.07. The van der Waals surface area contributed by atoms with E-state index >= 15 is 0 Å². The number of aromatic nitrogens is 4. The smallest absolute Gasteiger partial charge is 0.459 e. The number of aliphatic hydroxyl groups excluding tert-OH is 1. The molecule has 0 saturated carbocycles. The maximum Gasteiger partial charge on any atom is 0.459 e. The summed E-state index contributed by atoms with van der Waals surface area (Å²) in [5.74, 6) is -3.19. The van der Waals surface area contributed by atoms with E-state index in [0.717, 1.165) is 10.9 Å². The number of nitrogens with one attached hydrogen (secondary N) is 2. The molecule has 2 aromatic heterocycles. The van der Waals surface area contributed by atoms with Gasteiger partial charge in [-0.15, -0.1) is 0 Å². The first-order valence-corrected chi connectivity index (χ1v) is 13.9. The molecule has 224 valence electrons. The van der Waals surface area contributed by atoms with Crippen LogP contribution in [0.4, 0.5) is 24.9 Å². The highest BCUT2D eigenvalue weighted by Gasteiger charge is 2.58. The zero-order valence-corrected chi connectivity index (χ0v) is 23.0. The van der Waals surface area contributed by atoms with Crippen LogP contribution in [0.2, 0.25) is 0 Å². The van der Waals surface area contributed by atoms with Crippen molar-refractivity contribution in [2.75, 3.05) is 31.3 Å². The first kappa shape index (κ1) is 30.5. The number of aliphatic hydroxyl groups is 1. The highest BCUT2D eigenvalue weighted by atomic mass is 31.2. The predicted octanol–water partition coefficient (Wildman–Crippen LogP) is 2.63. The summed E-state index contributed by atoms with van der Waals surface area (Å²) in [7, 11) is -2.92. The molecule has 6 atom stereocenters. The van der Waals surface area contributed by atoms with Crippen LogP contribution < -0.4 is 20.7 Å². The van der Waals surface area contributed by atoms with Crippen molar-refractivity contribution in [3.8, 4) is 5.75 Å². The molecule has 0 aliphatic carbocycles. The normalized spacial score (nSPS) is 23.2. The second-order valence-corrected chi connectivity index (χ2v) is 10.6. The number of ether oxygens (including phenoxy) is 2. The first-order chi connectivity index (χ1) is 19.4. The Balaban J connectivity index is 1.61. The molecule has 1 unspecified atom stereocenters. The van der Waals surface area contributed by atoms with E-state index in [4.69, 9.17) is 24.3 Å². The molecule has 3 aromatic rings. The van der Waals surface area contributed by atoms with Gasteiger partial charge in [-0.3, -0.25) is 13.9 Å². The van der Waals surface area contributed by atoms with Crippen LogP contribution in [0.25, 0.3) is 11.2 Å². The number of carbonyl (C=O) groups excluding carboxylic acids is 1. The second kappa shape index (κ2) is 12.2. The zero-order chi connectivity index (χ0) is 29.9. The van der Waals surface area contributed by atoms with Gasteiger partial charge in [0.1, 0.15) is 23.8 Å². The number of nitrogens with two attached hydrogens (primary N) is 1. The molecule has 1 saturated heterocycles. The molecule has 0 spiro atoms. The number of alkyl halides is 3. The SMILES string of the molecule is CCOC(=O)[C@@H](C)NP(=O)(OC[C@H]1O[C@@H](n2cnc3c(NC)nc(N)nc32)[C@@H](C(F)(F)F)[C@@H]1O)Oc1ccccc1. The highest BCUT2D eigenvalue weighted by molar-refractivity contribution is 7.52. The Bertz CT molecular complexity index is 1410. The summed E-state index contributed by atoms with van der Waals surface area (Å²) >= 11 is 0. The number of anilines is 2. The maximum atomic E-state index is 14.2. The lowest BCUT2D eigenvalue weighted by molar-refractivity contribution is -0.210. The Morgan fingerprint density at radius 3 is 2.63 bits per heavy atom. The van der Waals surface area contributed by atoms with E-state index in [9.17, 15) is 27.6 Å². The van der Waals surface area contributed by atoms with E-state index in [1.165, 1.54) is 26.1 Å². The summed E-state index contributed by atoms with van der Waals surface area (Å²) in [5.41, 5.74) is 5.77. The van der Waals surface area contributed by atoms with E-state index in [0.29, 0.717) is 0 Å². The third-order valence-corrected chi connectivity index (χ3v) is 7.71. The maximum absolute atomic E-state index is 14.2. The van der Waals surface area contributed by atoms with Gasteiger partial charge in [0, 0.05) is 7.05 Å². The van der Waals surface area contributed by atoms with E-state index in [-0.39, 0.29) is 35.3 Å². The molecule has 4 rings (SSSR count). The molecule has 14 nitrogen and oxygen atoms in total. The second-order valence-electron chi connectivity index (χ2n) is 8.93. The van der Waals surface area contributed by atoms with Crippen LogP contribution in [0.5, 0.6) is 5.75 Å². The zero-order valence-electron chi connectivity index (χ0n) is 22.1. The molecule has 0 bridgehead atoms. The Morgan fingerprint density at radius 2 is 2.00 bits per heavy atom. The van der Waals surface area contributed by atoms with Crippen LogP contribution in [-0.4, -0.2) is 75.3 Å². The summed E-state index contributed by atoms with van der Waals surface area (Å²) in [6.07, 6.45) is -9.53. The van der Waals surface area contributed by atoms with Gasteiger partial charge in [0.2, 0.25) is 5.95 Å². The van der Waals surface area contributed by atoms with Crippen LogP contribution in [-0.2, 0) is 23.4 Å². The average Bonchev–Trinajstić information content (AvgIpc) is 3.48. The van der Waals surface area contributed by atoms with E-state index < -0.39 is 56.9 Å². The van der Waals surface area contributed by atoms with Gasteiger partial charge < -0.3 is 30.2 Å². The van der Waals surface area contributed by atoms with Crippen LogP contribution >= 0.6 is 7.75 Å². The van der Waals surface area contributed by atoms with Gasteiger partial charge in [0.25, 0.3) is 0 Å². The summed E-state index contributed by atoms with van der Waals surface area (Å²) in [5, 5.41) is 15.9. The fourth-order valence-corrected chi connectivity index (χ4v) is 5.71. The molecule has 1 fully saturated rings. The van der Waals surface area contributed by atoms with Crippen LogP contribution in [0.15, 0.2) is 36.7 Å². The monoisotopic (exact) mass is 603 g/mol. The van der Waals surface area contributed by atoms with E-state index in [2.05, 4.69) is 25.4 Å². The Kier molecular flexibility index (Phi) is 9.03. The highest BCUT2D eigenvalue weighted by Crippen LogP contribution is 2.49. The third kappa shape index (κ3) is 6.70. The van der Waals surface area contributed by atoms with Crippen molar-refractivity contribution in [1.82, 2.24) is 24.6 Å². The number of para-hydroxylation sites is 1. The number of hydrogen-bond donors (Lipinski definition) is 4. The average molecular weight is 603 g/mol. The number of rotatable bonds is 11. The minimum absolute atomic E-state index is 0.0488. The summed E-state index contributed by atoms with van der Waals surface area (Å²) < 4.78 is 78.8. The molecule has 1 aliphatic heterocycles. The molecule has 1 aromatic carbocycles. The number of nitrogens with zero attached hydrogens (tertiary/aromatic N) is 4. The molecule has 3 heterocycles. The molecule has 41 heavy (non-hydrogen) atoms. The number of carbonyl (C=O) groups is 1. The number of fused-ring (bicyclic) bond motifs is 1. The number of benzene rings is 1. The lowest BCUT2D eigenvalue weighted by Gasteiger charge is -2.25. The number of imidazole rings is 1. The molecule has 5 N–H and O–H groups in total. The van der Waals surface area contributed by atoms with E-state index in [1.807, 2.05) is 0 Å². The molecular weight excluding hydrogens is 574 g/mol. The molecular formula is C23H29F3N7O7P. The van der Waals surface area contributed by atoms with Gasteiger partial charge in [-0.25, -0.2) is 9.55 Å². The topological polar surface area (TPSA) is 185 Å². The standard InChI is InChI=1S/C23H29F3N7O7P/c1-4-37-21(35)12(2)32-41(36,40-13-8-6-5-7-9-13)38-10-14-17(34)15(23(24,25)26)20(39-14)33-11-29-16-18(28-3)30-22(27)31-19(16)33/h5-9,11-12,14-15,17,20,34H,4,10H2,1-3H3,(H,32,36)(H3,27,28,30,31)/t12-,14-,15+,17-,20-,41?/m1/s1. The molecule has 0 radical (unpaired) electrons. The van der Waals surface area contributed by atoms with Gasteiger partial charge >= 0.3 is 19.9 Å². The number of nitrogen functional groups attached to an aromatic ring is 1. The van der Waals surface area contributed by atoms with Crippen LogP contribution in [0.1, 0.15) is 20.1 Å². The van der Waals surface area contributed by atoms with Crippen molar-refractivity contribution in [2.45, 2.75) is 44.5 Å². The van der Waals surface area contributed by atoms with Crippen LogP contribution in [0, 0.1) is 5.92 Å². The number of hydrogen-bond acceptors (Lipinski definition) is 12. The largest absolute Gasteiger partial charge is 0.465 e. The lowest BCUT2D eigenvalue weighted by atomic mass is 9.99. The Labute approximate surface area is 231 Å². The van der Waals surface area contributed by atoms with Gasteiger partial charge in [0.05, 0.1) is 25.6 Å². The van der Waals surface area contributed by atoms with Crippen molar-refractivity contribution in [3.05, 3.63) is 36.7 Å². The summed E-state index contributed by atoms with van der Waals surface area (Å²) in [4.78, 5) is 24.2. The lowest BCUT2D eigenvalue weighted by Crippen LogP contribution is -2.39. The van der Waals surface area contributed by atoms with Crippen molar-refractivity contribution < 1.29 is 46.2 Å². The van der Waals surface area contributed by atoms with Gasteiger partial charge in [-0.2, -0.15) is 28.2 Å². The van der Waals surface area contributed by atoms with Crippen molar-refractivity contribution >= 4 is 36.6 Å². The summed E-state index contributed by atoms with van der Waals surface area (Å²) in [6.45, 7) is 2.16. The fraction of sp³-hybridized carbons (Fsp3) is 0.478. The molecule has 0 amide bonds. The minimum atomic E-state index is -4.94. The predicted molar refractivity (Wildman–Crippen MR) is 139 cm³/mol. The van der Waals surface area contributed by atoms with Gasteiger partial charge in [0.15, 0.2) is 23.2 Å².